The quantitative estimate of drug-likeness (QED) is 0.845. The smallest absolute Gasteiger partial charge is 0.224 e. The zero-order chi connectivity index (χ0) is 14.7. The summed E-state index contributed by atoms with van der Waals surface area (Å²) in [4.78, 5) is 18.5. The van der Waals surface area contributed by atoms with Crippen LogP contribution in [-0.2, 0) is 11.5 Å². The molecular formula is C17H21N3O. The molecule has 1 aliphatic heterocycles. The minimum Gasteiger partial charge on any atom is -0.324 e. The Morgan fingerprint density at radius 2 is 2.10 bits per heavy atom. The molecule has 1 saturated heterocycles. The highest BCUT2D eigenvalue weighted by atomic mass is 16.2. The van der Waals surface area contributed by atoms with E-state index < -0.39 is 0 Å². The van der Waals surface area contributed by atoms with Gasteiger partial charge in [-0.3, -0.25) is 4.79 Å². The van der Waals surface area contributed by atoms with Crippen molar-refractivity contribution >= 4 is 5.91 Å². The number of likely N-dealkylation sites (tertiary alicyclic amines) is 1. The second-order valence-corrected chi connectivity index (χ2v) is 5.70. The third-order valence-corrected chi connectivity index (χ3v) is 4.06. The molecule has 0 saturated carbocycles. The van der Waals surface area contributed by atoms with Gasteiger partial charge >= 0.3 is 0 Å². The monoisotopic (exact) mass is 283 g/mol. The third-order valence-electron chi connectivity index (χ3n) is 4.06. The van der Waals surface area contributed by atoms with E-state index in [4.69, 9.17) is 0 Å². The first-order valence-corrected chi connectivity index (χ1v) is 7.62. The summed E-state index contributed by atoms with van der Waals surface area (Å²) < 4.78 is 2.06. The molecule has 1 atom stereocenters. The minimum atomic E-state index is 0.265. The normalized spacial score (nSPS) is 18.4. The van der Waals surface area contributed by atoms with Gasteiger partial charge in [0.15, 0.2) is 0 Å². The topological polar surface area (TPSA) is 38.1 Å². The van der Waals surface area contributed by atoms with Gasteiger partial charge in [-0.2, -0.15) is 0 Å². The Kier molecular flexibility index (Phi) is 4.04. The zero-order valence-electron chi connectivity index (χ0n) is 12.4. The second-order valence-electron chi connectivity index (χ2n) is 5.70. The maximum absolute atomic E-state index is 12.1. The molecule has 1 aliphatic rings. The van der Waals surface area contributed by atoms with E-state index in [9.17, 15) is 4.79 Å². The minimum absolute atomic E-state index is 0.265. The molecule has 1 aromatic heterocycles. The van der Waals surface area contributed by atoms with Crippen molar-refractivity contribution in [2.45, 2.75) is 32.9 Å². The van der Waals surface area contributed by atoms with Crippen LogP contribution in [0, 0.1) is 5.92 Å². The van der Waals surface area contributed by atoms with Crippen LogP contribution in [0.4, 0.5) is 0 Å². The molecule has 0 spiro atoms. The van der Waals surface area contributed by atoms with Crippen molar-refractivity contribution in [1.82, 2.24) is 14.5 Å². The van der Waals surface area contributed by atoms with Crippen LogP contribution in [0.1, 0.15) is 26.2 Å². The van der Waals surface area contributed by atoms with Gasteiger partial charge in [-0.1, -0.05) is 43.7 Å². The van der Waals surface area contributed by atoms with Crippen LogP contribution >= 0.6 is 0 Å². The van der Waals surface area contributed by atoms with Crippen molar-refractivity contribution in [2.24, 2.45) is 5.92 Å². The summed E-state index contributed by atoms with van der Waals surface area (Å²) in [7, 11) is 0. The number of hydrogen-bond donors (Lipinski definition) is 0. The molecule has 2 aromatic rings. The van der Waals surface area contributed by atoms with E-state index in [2.05, 4.69) is 16.5 Å². The molecule has 0 bridgehead atoms. The fourth-order valence-corrected chi connectivity index (χ4v) is 3.05. The van der Waals surface area contributed by atoms with Crippen molar-refractivity contribution in [1.29, 1.82) is 0 Å². The lowest BCUT2D eigenvalue weighted by molar-refractivity contribution is -0.129. The molecule has 1 aromatic carbocycles. The van der Waals surface area contributed by atoms with E-state index in [1.807, 2.05) is 41.4 Å². The fourth-order valence-electron chi connectivity index (χ4n) is 3.05. The summed E-state index contributed by atoms with van der Waals surface area (Å²) in [5, 5.41) is 0. The summed E-state index contributed by atoms with van der Waals surface area (Å²) in [5.41, 5.74) is 1.08. The molecule has 0 radical (unpaired) electrons. The average Bonchev–Trinajstić information content (AvgIpc) is 3.08. The summed E-state index contributed by atoms with van der Waals surface area (Å²) in [6, 6.07) is 10.1. The standard InChI is InChI=1S/C17H21N3O/c1-2-6-14-11-16(21)20(12-14)13-19-10-9-18-17(19)15-7-4-3-5-8-15/h3-5,7-10,14H,2,6,11-13H2,1H3. The maximum Gasteiger partial charge on any atom is 0.224 e. The van der Waals surface area contributed by atoms with Gasteiger partial charge in [0.1, 0.15) is 5.82 Å². The first-order chi connectivity index (χ1) is 10.3. The van der Waals surface area contributed by atoms with Crippen LogP contribution < -0.4 is 0 Å². The first-order valence-electron chi connectivity index (χ1n) is 7.62. The number of rotatable bonds is 5. The van der Waals surface area contributed by atoms with Gasteiger partial charge in [0, 0.05) is 30.9 Å². The number of hydrogen-bond acceptors (Lipinski definition) is 2. The summed E-state index contributed by atoms with van der Waals surface area (Å²) in [6.07, 6.45) is 6.72. The van der Waals surface area contributed by atoms with Crippen molar-refractivity contribution in [3.8, 4) is 11.4 Å². The number of aromatic nitrogens is 2. The molecular weight excluding hydrogens is 262 g/mol. The van der Waals surface area contributed by atoms with Crippen LogP contribution in [0.15, 0.2) is 42.7 Å². The van der Waals surface area contributed by atoms with E-state index in [0.717, 1.165) is 30.8 Å². The number of amides is 1. The Balaban J connectivity index is 1.75. The highest BCUT2D eigenvalue weighted by molar-refractivity contribution is 5.78. The number of benzene rings is 1. The highest BCUT2D eigenvalue weighted by Crippen LogP contribution is 2.24. The first kappa shape index (κ1) is 13.9. The van der Waals surface area contributed by atoms with Gasteiger partial charge in [0.25, 0.3) is 0 Å². The zero-order valence-corrected chi connectivity index (χ0v) is 12.4. The molecule has 1 unspecified atom stereocenters. The fraction of sp³-hybridized carbons (Fsp3) is 0.412. The van der Waals surface area contributed by atoms with E-state index in [1.165, 1.54) is 0 Å². The van der Waals surface area contributed by atoms with E-state index >= 15 is 0 Å². The average molecular weight is 283 g/mol. The highest BCUT2D eigenvalue weighted by Gasteiger charge is 2.29. The lowest BCUT2D eigenvalue weighted by atomic mass is 10.0. The largest absolute Gasteiger partial charge is 0.324 e. The SMILES string of the molecule is CCCC1CC(=O)N(Cn2ccnc2-c2ccccc2)C1. The van der Waals surface area contributed by atoms with Crippen molar-refractivity contribution in [3.05, 3.63) is 42.7 Å². The van der Waals surface area contributed by atoms with Crippen LogP contribution in [0.2, 0.25) is 0 Å². The molecule has 21 heavy (non-hydrogen) atoms. The van der Waals surface area contributed by atoms with Gasteiger partial charge in [-0.05, 0) is 12.3 Å². The van der Waals surface area contributed by atoms with Gasteiger partial charge in [-0.25, -0.2) is 4.98 Å². The van der Waals surface area contributed by atoms with Crippen LogP contribution in [0.25, 0.3) is 11.4 Å². The molecule has 0 aliphatic carbocycles. The lowest BCUT2D eigenvalue weighted by Crippen LogP contribution is -2.28. The molecule has 1 amide bonds. The van der Waals surface area contributed by atoms with Crippen molar-refractivity contribution in [2.75, 3.05) is 6.54 Å². The third kappa shape index (κ3) is 2.99. The van der Waals surface area contributed by atoms with Gasteiger partial charge < -0.3 is 9.47 Å². The Morgan fingerprint density at radius 3 is 2.86 bits per heavy atom. The van der Waals surface area contributed by atoms with Crippen LogP contribution in [0.3, 0.4) is 0 Å². The molecule has 4 nitrogen and oxygen atoms in total. The summed E-state index contributed by atoms with van der Waals surface area (Å²) >= 11 is 0. The molecule has 1 fully saturated rings. The second kappa shape index (κ2) is 6.12. The Labute approximate surface area is 125 Å². The summed E-state index contributed by atoms with van der Waals surface area (Å²) in [5.74, 6) is 1.70. The molecule has 110 valence electrons. The Hall–Kier alpha value is -2.10. The number of carbonyl (C=O) groups excluding carboxylic acids is 1. The Morgan fingerprint density at radius 1 is 1.29 bits per heavy atom. The lowest BCUT2D eigenvalue weighted by Gasteiger charge is -2.19. The predicted molar refractivity (Wildman–Crippen MR) is 82.4 cm³/mol. The predicted octanol–water partition coefficient (Wildman–Crippen LogP) is 3.16. The van der Waals surface area contributed by atoms with Crippen LogP contribution in [0.5, 0.6) is 0 Å². The van der Waals surface area contributed by atoms with E-state index in [1.54, 1.807) is 6.20 Å². The molecule has 2 heterocycles. The molecule has 4 heteroatoms. The van der Waals surface area contributed by atoms with Gasteiger partial charge in [-0.15, -0.1) is 0 Å². The molecule has 0 N–H and O–H groups in total. The number of imidazole rings is 1. The Bertz CT molecular complexity index is 606. The molecule has 3 rings (SSSR count). The van der Waals surface area contributed by atoms with Crippen molar-refractivity contribution < 1.29 is 4.79 Å². The van der Waals surface area contributed by atoms with E-state index in [0.29, 0.717) is 19.0 Å². The maximum atomic E-state index is 12.1. The van der Waals surface area contributed by atoms with Crippen molar-refractivity contribution in [3.63, 3.8) is 0 Å². The van der Waals surface area contributed by atoms with E-state index in [-0.39, 0.29) is 5.91 Å². The number of carbonyl (C=O) groups is 1. The van der Waals surface area contributed by atoms with Gasteiger partial charge in [0.2, 0.25) is 5.91 Å². The number of nitrogens with zero attached hydrogens (tertiary/aromatic N) is 3. The van der Waals surface area contributed by atoms with Crippen LogP contribution in [-0.4, -0.2) is 26.9 Å². The summed E-state index contributed by atoms with van der Waals surface area (Å²) in [6.45, 7) is 3.65. The van der Waals surface area contributed by atoms with Gasteiger partial charge in [0.05, 0.1) is 6.67 Å².